The smallest absolute Gasteiger partial charge is 0.418 e. The molecule has 3 aliphatic rings. The lowest BCUT2D eigenvalue weighted by atomic mass is 9.76. The van der Waals surface area contributed by atoms with Gasteiger partial charge in [-0.3, -0.25) is 4.79 Å². The van der Waals surface area contributed by atoms with Crippen LogP contribution in [0.3, 0.4) is 0 Å². The molecule has 0 N–H and O–H groups in total. The molecule has 2 bridgehead atoms. The molecule has 0 aromatic carbocycles. The minimum absolute atomic E-state index is 0.0734. The van der Waals surface area contributed by atoms with E-state index in [0.29, 0.717) is 13.3 Å². The quantitative estimate of drug-likeness (QED) is 0.421. The minimum Gasteiger partial charge on any atom is -0.418 e. The molecule has 5 atom stereocenters. The Labute approximate surface area is 123 Å². The highest BCUT2D eigenvalue weighted by Crippen LogP contribution is 2.66. The summed E-state index contributed by atoms with van der Waals surface area (Å²) < 4.78 is 78.5. The molecule has 1 saturated heterocycles. The van der Waals surface area contributed by atoms with Gasteiger partial charge in [0.05, 0.1) is 11.5 Å². The molecule has 0 aromatic heterocycles. The summed E-state index contributed by atoms with van der Waals surface area (Å²) in [7, 11) is 0. The van der Waals surface area contributed by atoms with E-state index in [4.69, 9.17) is 4.74 Å². The average Bonchev–Trinajstić information content (AvgIpc) is 2.98. The predicted molar refractivity (Wildman–Crippen MR) is 63.8 cm³/mol. The Morgan fingerprint density at radius 2 is 1.95 bits per heavy atom. The fraction of sp³-hybridized carbons (Fsp3) is 0.786. The second kappa shape index (κ2) is 4.21. The largest absolute Gasteiger partial charge is 0.462 e. The fourth-order valence-corrected chi connectivity index (χ4v) is 4.08. The summed E-state index contributed by atoms with van der Waals surface area (Å²) in [5.74, 6) is -12.4. The number of esters is 1. The van der Waals surface area contributed by atoms with Gasteiger partial charge in [0, 0.05) is 12.8 Å². The Morgan fingerprint density at radius 1 is 1.32 bits per heavy atom. The highest BCUT2D eigenvalue weighted by Gasteiger charge is 2.86. The molecule has 0 aromatic rings. The number of halogens is 5. The van der Waals surface area contributed by atoms with Gasteiger partial charge in [0.2, 0.25) is 0 Å². The number of carbonyl (C=O) groups is 1. The van der Waals surface area contributed by atoms with E-state index in [1.165, 1.54) is 0 Å². The van der Waals surface area contributed by atoms with Crippen LogP contribution >= 0.6 is 0 Å². The number of hydrogen-bond acceptors (Lipinski definition) is 3. The lowest BCUT2D eigenvalue weighted by Gasteiger charge is -2.36. The number of ether oxygens (including phenoxy) is 2. The highest BCUT2D eigenvalue weighted by atomic mass is 19.4. The first kappa shape index (κ1) is 15.7. The first-order chi connectivity index (χ1) is 9.96. The molecule has 22 heavy (non-hydrogen) atoms. The Hall–Kier alpha value is -1.18. The maximum Gasteiger partial charge on any atom is 0.462 e. The third-order valence-electron chi connectivity index (χ3n) is 5.09. The van der Waals surface area contributed by atoms with Gasteiger partial charge in [-0.05, 0) is 18.8 Å². The average molecular weight is 326 g/mol. The van der Waals surface area contributed by atoms with Crippen molar-refractivity contribution in [3.63, 3.8) is 0 Å². The number of fused-ring (bicyclic) bond motifs is 3. The monoisotopic (exact) mass is 326 g/mol. The van der Waals surface area contributed by atoms with Crippen LogP contribution in [-0.4, -0.2) is 29.5 Å². The second-order valence-electron chi connectivity index (χ2n) is 6.30. The van der Waals surface area contributed by atoms with Gasteiger partial charge in [0.25, 0.3) is 0 Å². The summed E-state index contributed by atoms with van der Waals surface area (Å²) in [6.07, 6.45) is -1.55. The SMILES string of the molecule is CC(=O)OC1(C(F)(F)F)OC2(CC3C=CC2C3)C(C)C1(F)F. The zero-order valence-corrected chi connectivity index (χ0v) is 11.9. The van der Waals surface area contributed by atoms with Crippen molar-refractivity contribution < 1.29 is 36.2 Å². The molecule has 124 valence electrons. The van der Waals surface area contributed by atoms with Crippen LogP contribution in [0.4, 0.5) is 22.0 Å². The molecule has 2 aliphatic carbocycles. The van der Waals surface area contributed by atoms with Crippen LogP contribution in [0, 0.1) is 17.8 Å². The van der Waals surface area contributed by atoms with Gasteiger partial charge >= 0.3 is 23.9 Å². The van der Waals surface area contributed by atoms with Crippen molar-refractivity contribution >= 4 is 5.97 Å². The van der Waals surface area contributed by atoms with Crippen molar-refractivity contribution in [3.8, 4) is 0 Å². The molecule has 0 radical (unpaired) electrons. The zero-order valence-electron chi connectivity index (χ0n) is 11.9. The standard InChI is InChI=1S/C14H15F5O3/c1-7-11(6-9-3-4-10(11)5-9)22-13(12(7,15)16,14(17,18)19)21-8(2)20/h3-4,7,9-10H,5-6H2,1-2H3. The molecule has 3 nitrogen and oxygen atoms in total. The zero-order chi connectivity index (χ0) is 16.6. The van der Waals surface area contributed by atoms with E-state index in [2.05, 4.69) is 4.74 Å². The molecule has 2 fully saturated rings. The molecule has 1 spiro atoms. The maximum absolute atomic E-state index is 14.6. The van der Waals surface area contributed by atoms with E-state index < -0.39 is 41.3 Å². The second-order valence-corrected chi connectivity index (χ2v) is 6.30. The Bertz CT molecular complexity index is 543. The summed E-state index contributed by atoms with van der Waals surface area (Å²) in [5, 5.41) is 0. The van der Waals surface area contributed by atoms with E-state index in [0.717, 1.165) is 6.92 Å². The number of hydrogen-bond donors (Lipinski definition) is 0. The Balaban J connectivity index is 2.12. The van der Waals surface area contributed by atoms with E-state index in [1.54, 1.807) is 6.08 Å². The molecular formula is C14H15F5O3. The first-order valence-electron chi connectivity index (χ1n) is 6.99. The Kier molecular flexibility index (Phi) is 3.01. The normalized spacial score (nSPS) is 45.7. The van der Waals surface area contributed by atoms with Crippen LogP contribution in [0.15, 0.2) is 12.2 Å². The van der Waals surface area contributed by atoms with Crippen molar-refractivity contribution in [2.24, 2.45) is 17.8 Å². The molecule has 8 heteroatoms. The Morgan fingerprint density at radius 3 is 2.36 bits per heavy atom. The van der Waals surface area contributed by atoms with Crippen molar-refractivity contribution in [1.29, 1.82) is 0 Å². The third-order valence-corrected chi connectivity index (χ3v) is 5.09. The van der Waals surface area contributed by atoms with Crippen LogP contribution in [-0.2, 0) is 14.3 Å². The van der Waals surface area contributed by atoms with Crippen LogP contribution < -0.4 is 0 Å². The summed E-state index contributed by atoms with van der Waals surface area (Å²) in [4.78, 5) is 11.1. The van der Waals surface area contributed by atoms with E-state index >= 15 is 0 Å². The topological polar surface area (TPSA) is 35.5 Å². The van der Waals surface area contributed by atoms with Crippen molar-refractivity contribution in [3.05, 3.63) is 12.2 Å². The van der Waals surface area contributed by atoms with Crippen molar-refractivity contribution in [2.45, 2.75) is 50.2 Å². The van der Waals surface area contributed by atoms with Gasteiger partial charge in [-0.25, -0.2) is 0 Å². The van der Waals surface area contributed by atoms with E-state index in [1.807, 2.05) is 6.08 Å². The predicted octanol–water partition coefficient (Wildman–Crippen LogP) is 3.44. The minimum atomic E-state index is -5.54. The highest BCUT2D eigenvalue weighted by molar-refractivity contribution is 5.66. The molecule has 5 unspecified atom stereocenters. The fourth-order valence-electron chi connectivity index (χ4n) is 4.08. The number of allylic oxidation sites excluding steroid dienone is 1. The van der Waals surface area contributed by atoms with Gasteiger partial charge in [0.15, 0.2) is 0 Å². The van der Waals surface area contributed by atoms with E-state index in [9.17, 15) is 26.7 Å². The molecule has 1 heterocycles. The maximum atomic E-state index is 14.6. The number of rotatable bonds is 1. The van der Waals surface area contributed by atoms with Crippen LogP contribution in [0.1, 0.15) is 26.7 Å². The van der Waals surface area contributed by atoms with Gasteiger partial charge < -0.3 is 9.47 Å². The molecule has 3 rings (SSSR count). The third kappa shape index (κ3) is 1.67. The summed E-state index contributed by atoms with van der Waals surface area (Å²) in [5.41, 5.74) is -1.66. The molecular weight excluding hydrogens is 311 g/mol. The molecule has 1 saturated carbocycles. The van der Waals surface area contributed by atoms with Gasteiger partial charge in [0.1, 0.15) is 0 Å². The molecule has 1 aliphatic heterocycles. The van der Waals surface area contributed by atoms with E-state index in [-0.39, 0.29) is 12.3 Å². The van der Waals surface area contributed by atoms with Gasteiger partial charge in [-0.2, -0.15) is 22.0 Å². The van der Waals surface area contributed by atoms with Crippen molar-refractivity contribution in [2.75, 3.05) is 0 Å². The lowest BCUT2D eigenvalue weighted by molar-refractivity contribution is -0.415. The summed E-state index contributed by atoms with van der Waals surface area (Å²) in [6, 6.07) is 0. The summed E-state index contributed by atoms with van der Waals surface area (Å²) >= 11 is 0. The summed E-state index contributed by atoms with van der Waals surface area (Å²) in [6.45, 7) is 1.69. The van der Waals surface area contributed by atoms with Crippen molar-refractivity contribution in [1.82, 2.24) is 0 Å². The van der Waals surface area contributed by atoms with Gasteiger partial charge in [-0.1, -0.05) is 19.1 Å². The number of carbonyl (C=O) groups excluding carboxylic acids is 1. The van der Waals surface area contributed by atoms with Crippen LogP contribution in [0.2, 0.25) is 0 Å². The van der Waals surface area contributed by atoms with Crippen LogP contribution in [0.25, 0.3) is 0 Å². The lowest BCUT2D eigenvalue weighted by Crippen LogP contribution is -2.60. The van der Waals surface area contributed by atoms with Crippen LogP contribution in [0.5, 0.6) is 0 Å². The first-order valence-corrected chi connectivity index (χ1v) is 6.99. The van der Waals surface area contributed by atoms with Gasteiger partial charge in [-0.15, -0.1) is 0 Å². The molecule has 0 amide bonds. The number of alkyl halides is 5.